The van der Waals surface area contributed by atoms with Crippen molar-refractivity contribution in [3.8, 4) is 10.4 Å². The molecule has 0 radical (unpaired) electrons. The van der Waals surface area contributed by atoms with Crippen molar-refractivity contribution < 1.29 is 0 Å². The number of nitrogens with zero attached hydrogens (tertiary/aromatic N) is 2. The first kappa shape index (κ1) is 15.7. The van der Waals surface area contributed by atoms with Gasteiger partial charge in [0.2, 0.25) is 0 Å². The summed E-state index contributed by atoms with van der Waals surface area (Å²) >= 11 is 3.21. The second-order valence-corrected chi connectivity index (χ2v) is 8.44. The summed E-state index contributed by atoms with van der Waals surface area (Å²) < 4.78 is 1.23. The number of benzene rings is 1. The summed E-state index contributed by atoms with van der Waals surface area (Å²) in [5, 5.41) is 1.77. The maximum Gasteiger partial charge on any atom is 0.281 e. The maximum atomic E-state index is 12.6. The fraction of sp³-hybridized carbons (Fsp3) is 0.333. The van der Waals surface area contributed by atoms with Crippen molar-refractivity contribution in [1.29, 1.82) is 0 Å². The minimum atomic E-state index is -0.156. The van der Waals surface area contributed by atoms with Crippen LogP contribution < -0.4 is 11.4 Å². The molecule has 1 aliphatic rings. The molecule has 0 saturated heterocycles. The monoisotopic (exact) mass is 357 g/mol. The van der Waals surface area contributed by atoms with E-state index >= 15 is 0 Å². The van der Waals surface area contributed by atoms with E-state index < -0.39 is 0 Å². The lowest BCUT2D eigenvalue weighted by atomic mass is 10.0. The molecule has 3 aromatic rings. The Kier molecular flexibility index (Phi) is 4.33. The van der Waals surface area contributed by atoms with Crippen molar-refractivity contribution in [1.82, 2.24) is 9.66 Å². The van der Waals surface area contributed by atoms with Crippen LogP contribution in [0.4, 0.5) is 0 Å². The third-order valence-corrected chi connectivity index (χ3v) is 6.83. The molecule has 1 fully saturated rings. The van der Waals surface area contributed by atoms with Crippen LogP contribution in [-0.4, -0.2) is 14.9 Å². The quantitative estimate of drug-likeness (QED) is 0.562. The van der Waals surface area contributed by atoms with E-state index in [0.717, 1.165) is 15.3 Å². The number of fused-ring (bicyclic) bond motifs is 1. The van der Waals surface area contributed by atoms with Gasteiger partial charge in [-0.05, 0) is 24.5 Å². The summed E-state index contributed by atoms with van der Waals surface area (Å²) in [6.07, 6.45) is 6.18. The van der Waals surface area contributed by atoms with Gasteiger partial charge in [-0.3, -0.25) is 4.79 Å². The molecule has 0 atom stereocenters. The van der Waals surface area contributed by atoms with E-state index in [1.165, 1.54) is 36.8 Å². The van der Waals surface area contributed by atoms with Crippen LogP contribution >= 0.6 is 23.1 Å². The molecule has 2 aromatic heterocycles. The van der Waals surface area contributed by atoms with Crippen LogP contribution in [0, 0.1) is 0 Å². The lowest BCUT2D eigenvalue weighted by Gasteiger charge is -2.20. The molecule has 124 valence electrons. The summed E-state index contributed by atoms with van der Waals surface area (Å²) in [5.41, 5.74) is 0.946. The molecule has 0 amide bonds. The fourth-order valence-corrected chi connectivity index (χ4v) is 5.43. The minimum absolute atomic E-state index is 0.156. The number of rotatable bonds is 3. The Bertz CT molecular complexity index is 911. The second-order valence-electron chi connectivity index (χ2n) is 6.14. The fourth-order valence-electron chi connectivity index (χ4n) is 3.13. The topological polar surface area (TPSA) is 60.9 Å². The Hall–Kier alpha value is -1.79. The zero-order valence-electron chi connectivity index (χ0n) is 13.3. The first-order valence-electron chi connectivity index (χ1n) is 8.26. The summed E-state index contributed by atoms with van der Waals surface area (Å²) in [7, 11) is 0. The molecule has 4 rings (SSSR count). The molecule has 4 nitrogen and oxygen atoms in total. The molecule has 0 aliphatic heterocycles. The average molecular weight is 358 g/mol. The van der Waals surface area contributed by atoms with Crippen LogP contribution in [0.1, 0.15) is 32.1 Å². The largest absolute Gasteiger partial charge is 0.334 e. The first-order chi connectivity index (χ1) is 11.7. The van der Waals surface area contributed by atoms with E-state index in [0.29, 0.717) is 15.8 Å². The van der Waals surface area contributed by atoms with Gasteiger partial charge in [-0.15, -0.1) is 11.3 Å². The maximum absolute atomic E-state index is 12.6. The van der Waals surface area contributed by atoms with Gasteiger partial charge in [0.15, 0.2) is 5.16 Å². The number of hydrogen-bond donors (Lipinski definition) is 1. The number of hydrogen-bond acceptors (Lipinski definition) is 5. The smallest absolute Gasteiger partial charge is 0.281 e. The van der Waals surface area contributed by atoms with Crippen molar-refractivity contribution in [3.63, 3.8) is 0 Å². The summed E-state index contributed by atoms with van der Waals surface area (Å²) in [4.78, 5) is 19.1. The molecule has 2 N–H and O–H groups in total. The van der Waals surface area contributed by atoms with Gasteiger partial charge in [0.1, 0.15) is 4.83 Å². The summed E-state index contributed by atoms with van der Waals surface area (Å²) in [5.74, 6) is 6.04. The van der Waals surface area contributed by atoms with Crippen LogP contribution in [0.3, 0.4) is 0 Å². The Morgan fingerprint density at radius 2 is 1.92 bits per heavy atom. The Labute approximate surface area is 148 Å². The molecule has 6 heteroatoms. The lowest BCUT2D eigenvalue weighted by Crippen LogP contribution is -2.30. The molecular formula is C18H19N3OS2. The van der Waals surface area contributed by atoms with Crippen molar-refractivity contribution in [2.24, 2.45) is 0 Å². The zero-order valence-corrected chi connectivity index (χ0v) is 14.9. The number of nitrogens with two attached hydrogens (primary N) is 1. The SMILES string of the molecule is Nn1c(SC2CCCCC2)nc2sc(-c3ccccc3)cc2c1=O. The van der Waals surface area contributed by atoms with E-state index in [4.69, 9.17) is 10.8 Å². The van der Waals surface area contributed by atoms with Crippen molar-refractivity contribution in [3.05, 3.63) is 46.8 Å². The number of nitrogen functional groups attached to an aromatic ring is 1. The van der Waals surface area contributed by atoms with Crippen molar-refractivity contribution in [2.75, 3.05) is 5.84 Å². The molecule has 1 saturated carbocycles. The Morgan fingerprint density at radius 1 is 1.17 bits per heavy atom. The number of thioether (sulfide) groups is 1. The van der Waals surface area contributed by atoms with Crippen LogP contribution in [-0.2, 0) is 0 Å². The third kappa shape index (κ3) is 2.96. The molecular weight excluding hydrogens is 338 g/mol. The molecule has 24 heavy (non-hydrogen) atoms. The highest BCUT2D eigenvalue weighted by Gasteiger charge is 2.19. The van der Waals surface area contributed by atoms with Crippen LogP contribution in [0.5, 0.6) is 0 Å². The van der Waals surface area contributed by atoms with Crippen molar-refractivity contribution in [2.45, 2.75) is 42.5 Å². The van der Waals surface area contributed by atoms with E-state index in [-0.39, 0.29) is 5.56 Å². The van der Waals surface area contributed by atoms with Gasteiger partial charge in [-0.25, -0.2) is 9.66 Å². The van der Waals surface area contributed by atoms with Gasteiger partial charge in [0.25, 0.3) is 5.56 Å². The van der Waals surface area contributed by atoms with Crippen LogP contribution in [0.25, 0.3) is 20.7 Å². The predicted molar refractivity (Wildman–Crippen MR) is 102 cm³/mol. The molecule has 1 aliphatic carbocycles. The molecule has 0 unspecified atom stereocenters. The van der Waals surface area contributed by atoms with Gasteiger partial charge in [0, 0.05) is 10.1 Å². The Morgan fingerprint density at radius 3 is 2.67 bits per heavy atom. The Balaban J connectivity index is 1.74. The highest BCUT2D eigenvalue weighted by Crippen LogP contribution is 2.35. The van der Waals surface area contributed by atoms with Gasteiger partial charge >= 0.3 is 0 Å². The first-order valence-corrected chi connectivity index (χ1v) is 9.96. The van der Waals surface area contributed by atoms with E-state index in [9.17, 15) is 4.79 Å². The predicted octanol–water partition coefficient (Wildman–Crippen LogP) is 4.26. The van der Waals surface area contributed by atoms with Gasteiger partial charge in [-0.2, -0.15) is 0 Å². The molecule has 0 spiro atoms. The molecule has 2 heterocycles. The zero-order chi connectivity index (χ0) is 16.5. The highest BCUT2D eigenvalue weighted by molar-refractivity contribution is 7.99. The minimum Gasteiger partial charge on any atom is -0.334 e. The van der Waals surface area contributed by atoms with Crippen molar-refractivity contribution >= 4 is 33.3 Å². The summed E-state index contributed by atoms with van der Waals surface area (Å²) in [6.45, 7) is 0. The number of thiophene rings is 1. The standard InChI is InChI=1S/C18H19N3OS2/c19-21-17(22)14-11-15(12-7-3-1-4-8-12)24-16(14)20-18(21)23-13-9-5-2-6-10-13/h1,3-4,7-8,11,13H,2,5-6,9-10,19H2. The van der Waals surface area contributed by atoms with Crippen LogP contribution in [0.15, 0.2) is 46.3 Å². The third-order valence-electron chi connectivity index (χ3n) is 4.45. The van der Waals surface area contributed by atoms with Gasteiger partial charge in [0.05, 0.1) is 5.39 Å². The highest BCUT2D eigenvalue weighted by atomic mass is 32.2. The average Bonchev–Trinajstić information content (AvgIpc) is 3.05. The van der Waals surface area contributed by atoms with E-state index in [1.54, 1.807) is 23.1 Å². The lowest BCUT2D eigenvalue weighted by molar-refractivity contribution is 0.514. The molecule has 0 bridgehead atoms. The second kappa shape index (κ2) is 6.61. The normalized spacial score (nSPS) is 15.8. The molecule has 1 aromatic carbocycles. The number of aromatic nitrogens is 2. The van der Waals surface area contributed by atoms with Gasteiger partial charge in [-0.1, -0.05) is 61.4 Å². The van der Waals surface area contributed by atoms with Gasteiger partial charge < -0.3 is 5.84 Å². The van der Waals surface area contributed by atoms with E-state index in [2.05, 4.69) is 0 Å². The summed E-state index contributed by atoms with van der Waals surface area (Å²) in [6, 6.07) is 12.0. The van der Waals surface area contributed by atoms with Crippen LogP contribution in [0.2, 0.25) is 0 Å². The van der Waals surface area contributed by atoms with E-state index in [1.807, 2.05) is 36.4 Å².